The Morgan fingerprint density at radius 1 is 1.03 bits per heavy atom. The molecule has 0 bridgehead atoms. The number of hydrogen-bond donors (Lipinski definition) is 3. The first-order valence-corrected chi connectivity index (χ1v) is 13.9. The number of fused-ring (bicyclic) bond motifs is 2. The van der Waals surface area contributed by atoms with Crippen LogP contribution in [-0.2, 0) is 11.3 Å². The molecule has 7 rings (SSSR count). The minimum Gasteiger partial charge on any atom is -0.335 e. The van der Waals surface area contributed by atoms with E-state index in [0.29, 0.717) is 29.4 Å². The third-order valence-electron chi connectivity index (χ3n) is 7.35. The lowest BCUT2D eigenvalue weighted by molar-refractivity contribution is -0.119. The highest BCUT2D eigenvalue weighted by Crippen LogP contribution is 2.33. The van der Waals surface area contributed by atoms with Gasteiger partial charge in [-0.25, -0.2) is 9.97 Å². The largest absolute Gasteiger partial charge is 0.335 e. The van der Waals surface area contributed by atoms with Crippen molar-refractivity contribution in [2.45, 2.75) is 39.2 Å². The van der Waals surface area contributed by atoms with Gasteiger partial charge in [0.1, 0.15) is 5.71 Å². The summed E-state index contributed by atoms with van der Waals surface area (Å²) in [7, 11) is 0. The summed E-state index contributed by atoms with van der Waals surface area (Å²) in [5.74, 6) is 0.792. The number of hydrogen-bond acceptors (Lipinski definition) is 8. The van der Waals surface area contributed by atoms with Crippen molar-refractivity contribution >= 4 is 39.8 Å². The molecule has 0 atom stereocenters. The average molecular weight is 535 g/mol. The normalized spacial score (nSPS) is 15.2. The van der Waals surface area contributed by atoms with Crippen molar-refractivity contribution in [1.82, 2.24) is 30.3 Å². The minimum atomic E-state index is 0.0751. The Labute approximate surface area is 228 Å². The number of aromatic amines is 1. The highest BCUT2D eigenvalue weighted by atomic mass is 32.1. The molecule has 0 radical (unpaired) electrons. The standard InChI is InChI=1S/C29H26N8OS/c1-16-6-7-24(39-16)21-8-9-31-27-25(21)35-28(36-27)26-22-11-19(13-32-23(22)15-33-37-26)18-10-20(14-30-12-18)34-29(38)17-4-2-3-5-17/h6-14,17,33H,2-5,15H2,1H3,(H,34,38)(H,31,35,36). The van der Waals surface area contributed by atoms with Gasteiger partial charge in [0.2, 0.25) is 5.91 Å². The predicted octanol–water partition coefficient (Wildman–Crippen LogP) is 5.44. The number of carbonyl (C=O) groups excluding carboxylic acids is 1. The van der Waals surface area contributed by atoms with Crippen LogP contribution in [0.4, 0.5) is 5.69 Å². The number of hydrazone groups is 1. The second kappa shape index (κ2) is 9.70. The zero-order valence-corrected chi connectivity index (χ0v) is 22.2. The molecular weight excluding hydrogens is 508 g/mol. The Morgan fingerprint density at radius 3 is 2.74 bits per heavy atom. The molecule has 2 aliphatic rings. The van der Waals surface area contributed by atoms with E-state index in [1.807, 2.05) is 18.3 Å². The van der Waals surface area contributed by atoms with Gasteiger partial charge in [-0.1, -0.05) is 12.8 Å². The van der Waals surface area contributed by atoms with Gasteiger partial charge in [0, 0.05) is 56.5 Å². The number of pyridine rings is 3. The zero-order chi connectivity index (χ0) is 26.3. The van der Waals surface area contributed by atoms with Crippen LogP contribution in [0, 0.1) is 12.8 Å². The molecular formula is C29H26N8OS. The van der Waals surface area contributed by atoms with Crippen molar-refractivity contribution in [3.63, 3.8) is 0 Å². The molecule has 0 aromatic carbocycles. The number of nitrogens with zero attached hydrogens (tertiary/aromatic N) is 5. The first-order valence-electron chi connectivity index (χ1n) is 13.1. The number of thiophene rings is 1. The summed E-state index contributed by atoms with van der Waals surface area (Å²) in [6.45, 7) is 2.62. The van der Waals surface area contributed by atoms with Crippen molar-refractivity contribution in [3.05, 3.63) is 77.1 Å². The third-order valence-corrected chi connectivity index (χ3v) is 8.38. The number of anilines is 1. The summed E-state index contributed by atoms with van der Waals surface area (Å²) >= 11 is 1.74. The first kappa shape index (κ1) is 23.7. The van der Waals surface area contributed by atoms with Crippen LogP contribution in [0.15, 0.2) is 60.2 Å². The SMILES string of the molecule is Cc1ccc(-c2ccnc3nc(C4=NNCc5ncc(-c6cncc(NC(=O)C7CCCC7)c6)cc54)[nH]c23)s1. The van der Waals surface area contributed by atoms with Gasteiger partial charge in [-0.2, -0.15) is 5.10 Å². The molecule has 1 fully saturated rings. The third kappa shape index (κ3) is 4.46. The van der Waals surface area contributed by atoms with Crippen LogP contribution in [0.3, 0.4) is 0 Å². The Kier molecular flexibility index (Phi) is 5.89. The van der Waals surface area contributed by atoms with Gasteiger partial charge in [0.25, 0.3) is 0 Å². The summed E-state index contributed by atoms with van der Waals surface area (Å²) in [6.07, 6.45) is 11.2. The molecule has 6 heterocycles. The monoisotopic (exact) mass is 534 g/mol. The summed E-state index contributed by atoms with van der Waals surface area (Å²) in [5, 5.41) is 7.66. The van der Waals surface area contributed by atoms with Crippen molar-refractivity contribution in [1.29, 1.82) is 0 Å². The van der Waals surface area contributed by atoms with Crippen molar-refractivity contribution in [3.8, 4) is 21.6 Å². The second-order valence-electron chi connectivity index (χ2n) is 10.00. The van der Waals surface area contributed by atoms with Crippen LogP contribution in [0.2, 0.25) is 0 Å². The molecule has 5 aromatic rings. The number of carbonyl (C=O) groups is 1. The number of aryl methyl sites for hydroxylation is 1. The Balaban J connectivity index is 1.23. The molecule has 39 heavy (non-hydrogen) atoms. The van der Waals surface area contributed by atoms with Crippen LogP contribution >= 0.6 is 11.3 Å². The molecule has 1 aliphatic carbocycles. The molecule has 1 saturated carbocycles. The molecule has 0 spiro atoms. The van der Waals surface area contributed by atoms with Gasteiger partial charge in [-0.15, -0.1) is 11.3 Å². The molecule has 10 heteroatoms. The summed E-state index contributed by atoms with van der Waals surface area (Å²) < 4.78 is 0. The van der Waals surface area contributed by atoms with Gasteiger partial charge >= 0.3 is 0 Å². The molecule has 0 unspecified atom stereocenters. The summed E-state index contributed by atoms with van der Waals surface area (Å²) in [6, 6.07) is 10.3. The van der Waals surface area contributed by atoms with Gasteiger partial charge in [0.05, 0.1) is 29.6 Å². The van der Waals surface area contributed by atoms with Crippen molar-refractivity contribution < 1.29 is 4.79 Å². The number of rotatable bonds is 5. The van der Waals surface area contributed by atoms with E-state index in [1.54, 1.807) is 29.9 Å². The maximum absolute atomic E-state index is 12.7. The maximum Gasteiger partial charge on any atom is 0.227 e. The number of H-pyrrole nitrogens is 1. The quantitative estimate of drug-likeness (QED) is 0.276. The molecule has 3 N–H and O–H groups in total. The van der Waals surface area contributed by atoms with Crippen LogP contribution in [0.25, 0.3) is 32.7 Å². The fourth-order valence-corrected chi connectivity index (χ4v) is 6.24. The van der Waals surface area contributed by atoms with Crippen LogP contribution < -0.4 is 10.7 Å². The molecule has 5 aromatic heterocycles. The topological polar surface area (TPSA) is 121 Å². The van der Waals surface area contributed by atoms with E-state index in [-0.39, 0.29) is 11.8 Å². The number of nitrogens with one attached hydrogen (secondary N) is 3. The molecule has 194 valence electrons. The number of aromatic nitrogens is 5. The minimum absolute atomic E-state index is 0.0751. The zero-order valence-electron chi connectivity index (χ0n) is 21.4. The average Bonchev–Trinajstić information content (AvgIpc) is 3.73. The molecule has 1 amide bonds. The van der Waals surface area contributed by atoms with Crippen LogP contribution in [0.1, 0.15) is 47.6 Å². The first-order chi connectivity index (χ1) is 19.1. The molecule has 0 saturated heterocycles. The van der Waals surface area contributed by atoms with Crippen LogP contribution in [0.5, 0.6) is 0 Å². The fraction of sp³-hybridized carbons (Fsp3) is 0.241. The van der Waals surface area contributed by atoms with E-state index >= 15 is 0 Å². The van der Waals surface area contributed by atoms with Crippen molar-refractivity contribution in [2.75, 3.05) is 5.32 Å². The van der Waals surface area contributed by atoms with Gasteiger partial charge in [-0.3, -0.25) is 14.8 Å². The molecule has 1 aliphatic heterocycles. The lowest BCUT2D eigenvalue weighted by Crippen LogP contribution is -2.23. The van der Waals surface area contributed by atoms with Crippen LogP contribution in [-0.4, -0.2) is 36.5 Å². The lowest BCUT2D eigenvalue weighted by Gasteiger charge is -2.17. The Morgan fingerprint density at radius 2 is 1.90 bits per heavy atom. The van der Waals surface area contributed by atoms with E-state index < -0.39 is 0 Å². The molecule has 9 nitrogen and oxygen atoms in total. The maximum atomic E-state index is 12.7. The highest BCUT2D eigenvalue weighted by Gasteiger charge is 2.24. The fourth-order valence-electron chi connectivity index (χ4n) is 5.34. The summed E-state index contributed by atoms with van der Waals surface area (Å²) in [5.41, 5.74) is 10.6. The van der Waals surface area contributed by atoms with E-state index in [4.69, 9.17) is 9.97 Å². The Hall–Kier alpha value is -4.44. The van der Waals surface area contributed by atoms with E-state index in [0.717, 1.165) is 64.0 Å². The van der Waals surface area contributed by atoms with E-state index in [9.17, 15) is 4.79 Å². The van der Waals surface area contributed by atoms with Gasteiger partial charge < -0.3 is 15.7 Å². The van der Waals surface area contributed by atoms with Crippen molar-refractivity contribution in [2.24, 2.45) is 11.0 Å². The number of amides is 1. The Bertz CT molecular complexity index is 1750. The summed E-state index contributed by atoms with van der Waals surface area (Å²) in [4.78, 5) is 37.0. The predicted molar refractivity (Wildman–Crippen MR) is 152 cm³/mol. The lowest BCUT2D eigenvalue weighted by atomic mass is 10.0. The second-order valence-corrected chi connectivity index (χ2v) is 11.3. The van der Waals surface area contributed by atoms with Gasteiger partial charge in [-0.05, 0) is 50.1 Å². The van der Waals surface area contributed by atoms with E-state index in [2.05, 4.69) is 55.9 Å². The smallest absolute Gasteiger partial charge is 0.227 e. The highest BCUT2D eigenvalue weighted by molar-refractivity contribution is 7.15. The number of imidazole rings is 1. The van der Waals surface area contributed by atoms with Gasteiger partial charge in [0.15, 0.2) is 11.5 Å². The van der Waals surface area contributed by atoms with E-state index in [1.165, 1.54) is 4.88 Å².